The van der Waals surface area contributed by atoms with Crippen LogP contribution >= 0.6 is 0 Å². The minimum atomic E-state index is 0.779. The summed E-state index contributed by atoms with van der Waals surface area (Å²) in [7, 11) is 2.03. The summed E-state index contributed by atoms with van der Waals surface area (Å²) in [4.78, 5) is 4.44. The molecule has 128 valence electrons. The molecule has 1 aromatic carbocycles. The fraction of sp³-hybridized carbons (Fsp3) is 0.571. The van der Waals surface area contributed by atoms with E-state index >= 15 is 0 Å². The second-order valence-corrected chi connectivity index (χ2v) is 6.41. The molecule has 1 aromatic rings. The summed E-state index contributed by atoms with van der Waals surface area (Å²) in [5.41, 5.74) is 5.22. The maximum absolute atomic E-state index is 4.44. The van der Waals surface area contributed by atoms with Crippen LogP contribution in [0.4, 0.5) is 0 Å². The van der Waals surface area contributed by atoms with Gasteiger partial charge < -0.3 is 5.32 Å². The molecule has 23 heavy (non-hydrogen) atoms. The zero-order chi connectivity index (χ0) is 17.1. The molecular formula is C21H34N2. The lowest BCUT2D eigenvalue weighted by Crippen LogP contribution is -2.15. The predicted octanol–water partition coefficient (Wildman–Crippen LogP) is 5.49. The van der Waals surface area contributed by atoms with Gasteiger partial charge in [0.05, 0.1) is 0 Å². The van der Waals surface area contributed by atoms with E-state index in [1.807, 2.05) is 20.2 Å². The van der Waals surface area contributed by atoms with Gasteiger partial charge in [0.2, 0.25) is 0 Å². The first kappa shape index (κ1) is 19.6. The lowest BCUT2D eigenvalue weighted by Gasteiger charge is -2.11. The normalized spacial score (nSPS) is 14.1. The van der Waals surface area contributed by atoms with Crippen molar-refractivity contribution in [1.29, 1.82) is 0 Å². The average molecular weight is 315 g/mol. The number of nitrogens with one attached hydrogen (secondary N) is 1. The molecule has 1 N–H and O–H groups in total. The van der Waals surface area contributed by atoms with Crippen LogP contribution in [0.2, 0.25) is 0 Å². The van der Waals surface area contributed by atoms with E-state index in [0.29, 0.717) is 0 Å². The van der Waals surface area contributed by atoms with Crippen LogP contribution in [0.3, 0.4) is 0 Å². The summed E-state index contributed by atoms with van der Waals surface area (Å²) in [5, 5.41) is 3.25. The molecule has 0 aromatic heterocycles. The third-order valence-electron chi connectivity index (χ3n) is 4.38. The Balaban J connectivity index is 2.55. The number of nitrogens with zero attached hydrogens (tertiary/aromatic N) is 1. The first-order valence-electron chi connectivity index (χ1n) is 9.04. The van der Waals surface area contributed by atoms with Crippen LogP contribution in [-0.2, 0) is 6.42 Å². The number of aliphatic imine (C=N–C) groups is 1. The van der Waals surface area contributed by atoms with Crippen molar-refractivity contribution < 1.29 is 0 Å². The summed E-state index contributed by atoms with van der Waals surface area (Å²) in [5.74, 6) is 0.779. The van der Waals surface area contributed by atoms with Gasteiger partial charge in [-0.1, -0.05) is 44.5 Å². The van der Waals surface area contributed by atoms with E-state index in [1.165, 1.54) is 42.4 Å². The molecule has 1 rings (SSSR count). The average Bonchev–Trinajstić information content (AvgIpc) is 2.54. The summed E-state index contributed by atoms with van der Waals surface area (Å²) < 4.78 is 0. The minimum absolute atomic E-state index is 0.779. The van der Waals surface area contributed by atoms with Gasteiger partial charge in [0, 0.05) is 11.9 Å². The highest BCUT2D eigenvalue weighted by Gasteiger charge is 2.04. The second-order valence-electron chi connectivity index (χ2n) is 6.41. The molecule has 1 atom stereocenters. The van der Waals surface area contributed by atoms with Crippen LogP contribution in [0.15, 0.2) is 35.0 Å². The zero-order valence-electron chi connectivity index (χ0n) is 15.7. The monoisotopic (exact) mass is 314 g/mol. The van der Waals surface area contributed by atoms with Gasteiger partial charge in [0.15, 0.2) is 0 Å². The molecule has 0 aliphatic carbocycles. The van der Waals surface area contributed by atoms with E-state index in [4.69, 9.17) is 0 Å². The molecule has 0 heterocycles. The highest BCUT2D eigenvalue weighted by molar-refractivity contribution is 5.70. The van der Waals surface area contributed by atoms with E-state index in [0.717, 1.165) is 24.6 Å². The smallest absolute Gasteiger partial charge is 0.0406 e. The molecule has 0 aliphatic heterocycles. The number of aryl methyl sites for hydroxylation is 1. The summed E-state index contributed by atoms with van der Waals surface area (Å²) in [6.45, 7) is 9.71. The first-order valence-corrected chi connectivity index (χ1v) is 9.04. The van der Waals surface area contributed by atoms with E-state index in [1.54, 1.807) is 0 Å². The molecule has 0 fully saturated rings. The van der Waals surface area contributed by atoms with Gasteiger partial charge in [0.1, 0.15) is 0 Å². The van der Waals surface area contributed by atoms with Crippen molar-refractivity contribution >= 4 is 11.8 Å². The summed E-state index contributed by atoms with van der Waals surface area (Å²) in [6, 6.07) is 9.08. The number of benzene rings is 1. The van der Waals surface area contributed by atoms with Gasteiger partial charge in [-0.3, -0.25) is 4.99 Å². The summed E-state index contributed by atoms with van der Waals surface area (Å²) >= 11 is 0. The fourth-order valence-electron chi connectivity index (χ4n) is 3.09. The Kier molecular flexibility index (Phi) is 9.54. The molecule has 0 radical (unpaired) electrons. The minimum Gasteiger partial charge on any atom is -0.319 e. The quantitative estimate of drug-likeness (QED) is 0.448. The Hall–Kier alpha value is -1.41. The molecule has 2 nitrogen and oxygen atoms in total. The van der Waals surface area contributed by atoms with E-state index in [9.17, 15) is 0 Å². The van der Waals surface area contributed by atoms with E-state index in [-0.39, 0.29) is 0 Å². The fourth-order valence-corrected chi connectivity index (χ4v) is 3.09. The van der Waals surface area contributed by atoms with Gasteiger partial charge in [-0.2, -0.15) is 0 Å². The Bertz CT molecular complexity index is 497. The predicted molar refractivity (Wildman–Crippen MR) is 104 cm³/mol. The molecular weight excluding hydrogens is 280 g/mol. The van der Waals surface area contributed by atoms with Crippen LogP contribution < -0.4 is 5.32 Å². The maximum atomic E-state index is 4.44. The summed E-state index contributed by atoms with van der Waals surface area (Å²) in [6.07, 6.45) is 7.98. The van der Waals surface area contributed by atoms with E-state index < -0.39 is 0 Å². The van der Waals surface area contributed by atoms with E-state index in [2.05, 4.69) is 55.3 Å². The van der Waals surface area contributed by atoms with Crippen molar-refractivity contribution in [2.75, 3.05) is 13.6 Å². The van der Waals surface area contributed by atoms with Gasteiger partial charge in [-0.15, -0.1) is 0 Å². The van der Waals surface area contributed by atoms with Crippen molar-refractivity contribution in [3.05, 3.63) is 41.1 Å². The number of rotatable bonds is 10. The molecule has 1 unspecified atom stereocenters. The van der Waals surface area contributed by atoms with Crippen LogP contribution in [0.1, 0.15) is 64.5 Å². The Morgan fingerprint density at radius 3 is 2.48 bits per heavy atom. The van der Waals surface area contributed by atoms with Crippen molar-refractivity contribution in [2.24, 2.45) is 10.9 Å². The molecule has 0 saturated heterocycles. The van der Waals surface area contributed by atoms with Crippen molar-refractivity contribution in [2.45, 2.75) is 59.8 Å². The van der Waals surface area contributed by atoms with Gasteiger partial charge in [0.25, 0.3) is 0 Å². The lowest BCUT2D eigenvalue weighted by atomic mass is 9.97. The Morgan fingerprint density at radius 2 is 1.91 bits per heavy atom. The Morgan fingerprint density at radius 1 is 1.22 bits per heavy atom. The third-order valence-corrected chi connectivity index (χ3v) is 4.38. The molecule has 2 heteroatoms. The first-order chi connectivity index (χ1) is 11.1. The lowest BCUT2D eigenvalue weighted by molar-refractivity contribution is 0.477. The van der Waals surface area contributed by atoms with Gasteiger partial charge >= 0.3 is 0 Å². The second kappa shape index (κ2) is 11.2. The maximum Gasteiger partial charge on any atom is 0.0406 e. The van der Waals surface area contributed by atoms with Gasteiger partial charge in [-0.05, 0) is 75.7 Å². The van der Waals surface area contributed by atoms with Crippen LogP contribution in [-0.4, -0.2) is 19.8 Å². The van der Waals surface area contributed by atoms with Crippen molar-refractivity contribution in [1.82, 2.24) is 5.32 Å². The number of unbranched alkanes of at least 4 members (excludes halogenated alkanes) is 1. The molecule has 0 spiro atoms. The highest BCUT2D eigenvalue weighted by Crippen LogP contribution is 2.23. The zero-order valence-corrected chi connectivity index (χ0v) is 15.7. The largest absolute Gasteiger partial charge is 0.319 e. The van der Waals surface area contributed by atoms with Crippen LogP contribution in [0, 0.1) is 5.92 Å². The van der Waals surface area contributed by atoms with Crippen molar-refractivity contribution in [3.63, 3.8) is 0 Å². The SMILES string of the molecule is C/C=N\C(C)=C(/CC)c1ccc(CCCCC(C)CNC)cc1. The van der Waals surface area contributed by atoms with Crippen LogP contribution in [0.25, 0.3) is 5.57 Å². The molecule has 0 bridgehead atoms. The number of allylic oxidation sites excluding steroid dienone is 2. The molecule has 0 aliphatic rings. The topological polar surface area (TPSA) is 24.4 Å². The Labute approximate surface area is 143 Å². The third kappa shape index (κ3) is 7.13. The number of hydrogen-bond acceptors (Lipinski definition) is 2. The highest BCUT2D eigenvalue weighted by atomic mass is 14.8. The standard InChI is InChI=1S/C21H34N2/c1-6-21(18(4)23-7-2)20-14-12-19(13-15-20)11-9-8-10-17(3)16-22-5/h7,12-15,17,22H,6,8-11,16H2,1-5H3/b21-18+,23-7-. The van der Waals surface area contributed by atoms with Crippen molar-refractivity contribution in [3.8, 4) is 0 Å². The molecule has 0 saturated carbocycles. The van der Waals surface area contributed by atoms with Gasteiger partial charge in [-0.25, -0.2) is 0 Å². The molecule has 0 amide bonds. The number of hydrogen-bond donors (Lipinski definition) is 1. The van der Waals surface area contributed by atoms with Crippen LogP contribution in [0.5, 0.6) is 0 Å².